The zero-order chi connectivity index (χ0) is 34.5. The molecular formula is C41H37F2N5O2. The highest BCUT2D eigenvalue weighted by molar-refractivity contribution is 6.05. The van der Waals surface area contributed by atoms with Crippen molar-refractivity contribution in [2.75, 3.05) is 29.1 Å². The molecule has 5 aromatic rings. The molecule has 8 rings (SSSR count). The zero-order valence-electron chi connectivity index (χ0n) is 28.0. The molecule has 1 aromatic heterocycles. The number of benzene rings is 4. The summed E-state index contributed by atoms with van der Waals surface area (Å²) < 4.78 is 36.5. The Labute approximate surface area is 289 Å². The molecule has 2 aliphatic carbocycles. The average molecular weight is 670 g/mol. The fourth-order valence-electron chi connectivity index (χ4n) is 7.29. The minimum Gasteiger partial charge on any atom is -0.485 e. The molecule has 2 fully saturated rings. The van der Waals surface area contributed by atoms with E-state index in [4.69, 9.17) is 10.5 Å². The number of hydrogen-bond donors (Lipinski definition) is 2. The summed E-state index contributed by atoms with van der Waals surface area (Å²) in [6, 6.07) is 20.3. The highest BCUT2D eigenvalue weighted by Gasteiger charge is 2.33. The van der Waals surface area contributed by atoms with Crippen LogP contribution in [0.1, 0.15) is 70.3 Å². The fraction of sp³-hybridized carbons (Fsp3) is 0.244. The van der Waals surface area contributed by atoms with Crippen LogP contribution in [0.4, 0.5) is 26.0 Å². The standard InChI is InChI=1S/C41H37F2N5O2/c1-3-6-31-34-17-26-7-4-5-8-29(26)30(34)13-14-37(31)48-16-15-28(48)21-50-39-38(45-22-46-40(39)44)33-19-27(42)20-36(23(33)2)47-41(49)32-12-11-25(18-35(32)43)24-9-10-24/h3-8,11-14,18-20,22,24,28H,9-10,15-17,21H2,1-2H3,(H,47,49)(H2,44,45,46)/t28-/m1/s1. The van der Waals surface area contributed by atoms with Gasteiger partial charge in [-0.05, 0) is 109 Å². The maximum atomic E-state index is 15.2. The van der Waals surface area contributed by atoms with E-state index in [1.54, 1.807) is 13.0 Å². The fourth-order valence-corrected chi connectivity index (χ4v) is 7.29. The smallest absolute Gasteiger partial charge is 0.258 e. The van der Waals surface area contributed by atoms with Gasteiger partial charge >= 0.3 is 0 Å². The summed E-state index contributed by atoms with van der Waals surface area (Å²) >= 11 is 0. The summed E-state index contributed by atoms with van der Waals surface area (Å²) in [6.07, 6.45) is 9.44. The molecule has 3 aliphatic rings. The van der Waals surface area contributed by atoms with Crippen molar-refractivity contribution >= 4 is 29.2 Å². The Morgan fingerprint density at radius 2 is 1.86 bits per heavy atom. The van der Waals surface area contributed by atoms with Crippen molar-refractivity contribution in [1.29, 1.82) is 0 Å². The largest absolute Gasteiger partial charge is 0.485 e. The molecule has 2 heterocycles. The van der Waals surface area contributed by atoms with Crippen LogP contribution in [0.2, 0.25) is 0 Å². The average Bonchev–Trinajstić information content (AvgIpc) is 3.88. The second-order valence-corrected chi connectivity index (χ2v) is 13.3. The molecule has 3 N–H and O–H groups in total. The number of fused-ring (bicyclic) bond motifs is 3. The van der Waals surface area contributed by atoms with Gasteiger partial charge < -0.3 is 20.7 Å². The summed E-state index contributed by atoms with van der Waals surface area (Å²) in [4.78, 5) is 24.1. The van der Waals surface area contributed by atoms with Gasteiger partial charge in [0.1, 0.15) is 30.3 Å². The third kappa shape index (κ3) is 5.66. The van der Waals surface area contributed by atoms with Crippen LogP contribution < -0.4 is 20.7 Å². The maximum absolute atomic E-state index is 15.2. The van der Waals surface area contributed by atoms with E-state index >= 15 is 4.39 Å². The van der Waals surface area contributed by atoms with E-state index in [1.165, 1.54) is 58.4 Å². The number of anilines is 3. The number of allylic oxidation sites excluding steroid dienone is 1. The topological polar surface area (TPSA) is 93.4 Å². The number of hydrogen-bond acceptors (Lipinski definition) is 6. The van der Waals surface area contributed by atoms with Crippen LogP contribution in [0.25, 0.3) is 28.5 Å². The number of nitrogens with one attached hydrogen (secondary N) is 1. The minimum absolute atomic E-state index is 0.0675. The number of halogens is 2. The SMILES string of the molecule is CC=Cc1c(N2CC[C@@H]2COc2c(N)ncnc2-c2cc(F)cc(NC(=O)c3ccc(C4CC4)cc3F)c2C)ccc2c1Cc1ccccc1-2. The molecule has 0 spiro atoms. The van der Waals surface area contributed by atoms with Crippen molar-refractivity contribution in [3.8, 4) is 28.1 Å². The number of nitrogens with two attached hydrogens (primary N) is 1. The summed E-state index contributed by atoms with van der Waals surface area (Å²) in [7, 11) is 0. The van der Waals surface area contributed by atoms with E-state index in [0.29, 0.717) is 29.3 Å². The summed E-state index contributed by atoms with van der Waals surface area (Å²) in [5.41, 5.74) is 16.2. The van der Waals surface area contributed by atoms with Gasteiger partial charge in [0.2, 0.25) is 0 Å². The monoisotopic (exact) mass is 669 g/mol. The van der Waals surface area contributed by atoms with Crippen LogP contribution >= 0.6 is 0 Å². The van der Waals surface area contributed by atoms with Crippen LogP contribution in [0.15, 0.2) is 79.1 Å². The number of nitrogens with zero attached hydrogens (tertiary/aromatic N) is 3. The zero-order valence-corrected chi connectivity index (χ0v) is 28.0. The molecule has 7 nitrogen and oxygen atoms in total. The molecule has 0 radical (unpaired) electrons. The van der Waals surface area contributed by atoms with Crippen molar-refractivity contribution in [2.45, 2.75) is 51.5 Å². The Morgan fingerprint density at radius 1 is 1.02 bits per heavy atom. The van der Waals surface area contributed by atoms with Crippen LogP contribution in [0.3, 0.4) is 0 Å². The molecular weight excluding hydrogens is 632 g/mol. The van der Waals surface area contributed by atoms with E-state index in [2.05, 4.69) is 68.7 Å². The molecule has 50 heavy (non-hydrogen) atoms. The van der Waals surface area contributed by atoms with Gasteiger partial charge in [0.25, 0.3) is 5.91 Å². The predicted octanol–water partition coefficient (Wildman–Crippen LogP) is 8.70. The number of amides is 1. The highest BCUT2D eigenvalue weighted by atomic mass is 19.1. The van der Waals surface area contributed by atoms with Gasteiger partial charge in [-0.3, -0.25) is 4.79 Å². The maximum Gasteiger partial charge on any atom is 0.258 e. The number of carbonyl (C=O) groups excluding carboxylic acids is 1. The summed E-state index contributed by atoms with van der Waals surface area (Å²) in [5, 5.41) is 2.70. The number of carbonyl (C=O) groups is 1. The van der Waals surface area contributed by atoms with Gasteiger partial charge in [-0.25, -0.2) is 18.7 Å². The van der Waals surface area contributed by atoms with Crippen LogP contribution in [0.5, 0.6) is 5.75 Å². The van der Waals surface area contributed by atoms with E-state index < -0.39 is 17.5 Å². The van der Waals surface area contributed by atoms with E-state index in [9.17, 15) is 9.18 Å². The first-order chi connectivity index (χ1) is 24.3. The summed E-state index contributed by atoms with van der Waals surface area (Å²) in [6.45, 7) is 4.97. The number of ether oxygens (including phenoxy) is 1. The molecule has 1 saturated heterocycles. The third-order valence-electron chi connectivity index (χ3n) is 10.2. The van der Waals surface area contributed by atoms with Crippen LogP contribution in [-0.4, -0.2) is 35.1 Å². The molecule has 1 aliphatic heterocycles. The van der Waals surface area contributed by atoms with Crippen molar-refractivity contribution in [2.24, 2.45) is 0 Å². The van der Waals surface area contributed by atoms with E-state index in [0.717, 1.165) is 43.5 Å². The molecule has 0 unspecified atom stereocenters. The van der Waals surface area contributed by atoms with Crippen LogP contribution in [0, 0.1) is 18.6 Å². The molecule has 1 atom stereocenters. The van der Waals surface area contributed by atoms with Gasteiger partial charge in [0.05, 0.1) is 11.6 Å². The Hall–Kier alpha value is -5.57. The molecule has 252 valence electrons. The first kappa shape index (κ1) is 31.7. The van der Waals surface area contributed by atoms with Gasteiger partial charge in [-0.2, -0.15) is 0 Å². The lowest BCUT2D eigenvalue weighted by Gasteiger charge is -2.43. The van der Waals surface area contributed by atoms with Crippen molar-refractivity contribution in [1.82, 2.24) is 9.97 Å². The third-order valence-corrected chi connectivity index (χ3v) is 10.2. The first-order valence-electron chi connectivity index (χ1n) is 17.1. The number of aromatic nitrogens is 2. The van der Waals surface area contributed by atoms with Crippen molar-refractivity contribution in [3.05, 3.63) is 124 Å². The van der Waals surface area contributed by atoms with Gasteiger partial charge in [0, 0.05) is 29.0 Å². The Balaban J connectivity index is 1.04. The molecule has 1 amide bonds. The lowest BCUT2D eigenvalue weighted by Crippen LogP contribution is -2.51. The summed E-state index contributed by atoms with van der Waals surface area (Å²) in [5.74, 6) is -1.15. The highest BCUT2D eigenvalue weighted by Crippen LogP contribution is 2.44. The van der Waals surface area contributed by atoms with Gasteiger partial charge in [-0.1, -0.05) is 48.6 Å². The lowest BCUT2D eigenvalue weighted by molar-refractivity contribution is 0.102. The normalized spacial score (nSPS) is 16.2. The van der Waals surface area contributed by atoms with E-state index in [1.807, 2.05) is 6.92 Å². The van der Waals surface area contributed by atoms with E-state index in [-0.39, 0.29) is 28.9 Å². The second-order valence-electron chi connectivity index (χ2n) is 13.3. The number of nitrogen functional groups attached to an aromatic ring is 1. The Morgan fingerprint density at radius 3 is 2.62 bits per heavy atom. The van der Waals surface area contributed by atoms with Gasteiger partial charge in [0.15, 0.2) is 11.6 Å². The molecule has 9 heteroatoms. The van der Waals surface area contributed by atoms with Crippen molar-refractivity contribution < 1.29 is 18.3 Å². The first-order valence-corrected chi connectivity index (χ1v) is 17.1. The number of rotatable bonds is 9. The molecule has 0 bridgehead atoms. The molecule has 4 aromatic carbocycles. The Kier molecular flexibility index (Phi) is 8.05. The van der Waals surface area contributed by atoms with Crippen LogP contribution in [-0.2, 0) is 6.42 Å². The predicted molar refractivity (Wildman–Crippen MR) is 194 cm³/mol. The second kappa shape index (κ2) is 12.7. The Bertz CT molecular complexity index is 2200. The van der Waals surface area contributed by atoms with Gasteiger partial charge in [-0.15, -0.1) is 0 Å². The quantitative estimate of drug-likeness (QED) is 0.160. The lowest BCUT2D eigenvalue weighted by atomic mass is 9.94. The molecule has 1 saturated carbocycles. The minimum atomic E-state index is -0.666. The van der Waals surface area contributed by atoms with Crippen molar-refractivity contribution in [3.63, 3.8) is 0 Å².